The van der Waals surface area contributed by atoms with Crippen LogP contribution in [0, 0.1) is 17.1 Å². The van der Waals surface area contributed by atoms with Crippen molar-refractivity contribution in [3.05, 3.63) is 70.9 Å². The lowest BCUT2D eigenvalue weighted by Crippen LogP contribution is -2.13. The average Bonchev–Trinajstić information content (AvgIpc) is 3.20. The number of carbonyl (C=O) groups is 1. The van der Waals surface area contributed by atoms with E-state index in [1.165, 1.54) is 29.5 Å². The molecule has 0 aliphatic carbocycles. The first-order chi connectivity index (χ1) is 14.1. The van der Waals surface area contributed by atoms with Crippen LogP contribution in [0.2, 0.25) is 0 Å². The van der Waals surface area contributed by atoms with E-state index in [0.29, 0.717) is 23.0 Å². The van der Waals surface area contributed by atoms with Crippen molar-refractivity contribution >= 4 is 28.5 Å². The molecule has 1 aromatic heterocycles. The van der Waals surface area contributed by atoms with Gasteiger partial charge >= 0.3 is 0 Å². The zero-order valence-electron chi connectivity index (χ0n) is 15.7. The SMILES string of the molecule is CCCOc1ccc(/C=C(\C#N)C(=O)Nc2nc(-c3ccc(F)cc3)cs2)cc1. The maximum absolute atomic E-state index is 13.0. The number of thiazole rings is 1. The number of carbonyl (C=O) groups excluding carboxylic acids is 1. The molecule has 0 saturated heterocycles. The minimum absolute atomic E-state index is 0.0363. The summed E-state index contributed by atoms with van der Waals surface area (Å²) in [5.74, 6) is -0.131. The third-order valence-corrected chi connectivity index (χ3v) is 4.65. The van der Waals surface area contributed by atoms with Gasteiger partial charge in [-0.25, -0.2) is 9.37 Å². The van der Waals surface area contributed by atoms with Crippen LogP contribution in [0.1, 0.15) is 18.9 Å². The number of ether oxygens (including phenoxy) is 1. The van der Waals surface area contributed by atoms with Crippen molar-refractivity contribution in [3.8, 4) is 23.1 Å². The second-order valence-corrected chi connectivity index (χ2v) is 6.94. The summed E-state index contributed by atoms with van der Waals surface area (Å²) >= 11 is 1.23. The first kappa shape index (κ1) is 20.2. The van der Waals surface area contributed by atoms with Gasteiger partial charge in [0.2, 0.25) is 0 Å². The topological polar surface area (TPSA) is 75.0 Å². The zero-order chi connectivity index (χ0) is 20.6. The van der Waals surface area contributed by atoms with Gasteiger partial charge in [0, 0.05) is 10.9 Å². The van der Waals surface area contributed by atoms with Crippen molar-refractivity contribution in [1.29, 1.82) is 5.26 Å². The number of nitrogens with one attached hydrogen (secondary N) is 1. The fraction of sp³-hybridized carbons (Fsp3) is 0.136. The zero-order valence-corrected chi connectivity index (χ0v) is 16.5. The summed E-state index contributed by atoms with van der Waals surface area (Å²) in [4.78, 5) is 16.8. The Balaban J connectivity index is 1.69. The van der Waals surface area contributed by atoms with Crippen LogP contribution in [0.5, 0.6) is 5.75 Å². The van der Waals surface area contributed by atoms with Gasteiger partial charge in [-0.2, -0.15) is 5.26 Å². The van der Waals surface area contributed by atoms with Gasteiger partial charge in [-0.05, 0) is 54.5 Å². The first-order valence-electron chi connectivity index (χ1n) is 8.96. The molecule has 5 nitrogen and oxygen atoms in total. The highest BCUT2D eigenvalue weighted by molar-refractivity contribution is 7.14. The minimum atomic E-state index is -0.543. The molecule has 0 radical (unpaired) electrons. The average molecular weight is 407 g/mol. The van der Waals surface area contributed by atoms with Crippen LogP contribution in [0.4, 0.5) is 9.52 Å². The number of hydrogen-bond donors (Lipinski definition) is 1. The largest absolute Gasteiger partial charge is 0.494 e. The third kappa shape index (κ3) is 5.50. The normalized spacial score (nSPS) is 11.0. The Hall–Kier alpha value is -3.50. The van der Waals surface area contributed by atoms with Crippen LogP contribution in [0.15, 0.2) is 59.5 Å². The van der Waals surface area contributed by atoms with Gasteiger partial charge in [-0.3, -0.25) is 10.1 Å². The van der Waals surface area contributed by atoms with Gasteiger partial charge in [0.05, 0.1) is 12.3 Å². The van der Waals surface area contributed by atoms with Crippen molar-refractivity contribution in [2.24, 2.45) is 0 Å². The smallest absolute Gasteiger partial charge is 0.268 e. The Morgan fingerprint density at radius 3 is 2.62 bits per heavy atom. The van der Waals surface area contributed by atoms with E-state index in [1.807, 2.05) is 13.0 Å². The summed E-state index contributed by atoms with van der Waals surface area (Å²) in [7, 11) is 0. The van der Waals surface area contributed by atoms with Crippen LogP contribution >= 0.6 is 11.3 Å². The van der Waals surface area contributed by atoms with Gasteiger partial charge in [-0.1, -0.05) is 19.1 Å². The monoisotopic (exact) mass is 407 g/mol. The summed E-state index contributed by atoms with van der Waals surface area (Å²) in [6.07, 6.45) is 2.42. The Morgan fingerprint density at radius 2 is 1.97 bits per heavy atom. The molecule has 1 amide bonds. The molecule has 0 unspecified atom stereocenters. The van der Waals surface area contributed by atoms with E-state index in [1.54, 1.807) is 41.8 Å². The molecular formula is C22H18FN3O2S. The second-order valence-electron chi connectivity index (χ2n) is 6.09. The Kier molecular flexibility index (Phi) is 6.72. The number of nitriles is 1. The standard InChI is InChI=1S/C22H18FN3O2S/c1-2-11-28-19-9-3-15(4-10-19)12-17(13-24)21(27)26-22-25-20(14-29-22)16-5-7-18(23)8-6-16/h3-10,12,14H,2,11H2,1H3,(H,25,26,27)/b17-12+. The lowest BCUT2D eigenvalue weighted by molar-refractivity contribution is -0.112. The predicted molar refractivity (Wildman–Crippen MR) is 112 cm³/mol. The van der Waals surface area contributed by atoms with Crippen LogP contribution in [0.25, 0.3) is 17.3 Å². The highest BCUT2D eigenvalue weighted by atomic mass is 32.1. The molecule has 0 bridgehead atoms. The molecule has 0 aliphatic heterocycles. The summed E-state index contributed by atoms with van der Waals surface area (Å²) in [6, 6.07) is 15.0. The van der Waals surface area contributed by atoms with Crippen molar-refractivity contribution in [2.45, 2.75) is 13.3 Å². The number of rotatable bonds is 7. The molecule has 2 aromatic carbocycles. The Bertz CT molecular complexity index is 1050. The number of anilines is 1. The molecule has 3 aromatic rings. The van der Waals surface area contributed by atoms with Gasteiger partial charge in [0.1, 0.15) is 23.2 Å². The van der Waals surface area contributed by atoms with Crippen molar-refractivity contribution in [2.75, 3.05) is 11.9 Å². The number of hydrogen-bond acceptors (Lipinski definition) is 5. The summed E-state index contributed by atoms with van der Waals surface area (Å²) in [6.45, 7) is 2.66. The molecule has 0 saturated carbocycles. The molecule has 146 valence electrons. The maximum atomic E-state index is 13.0. The molecule has 3 rings (SSSR count). The van der Waals surface area contributed by atoms with E-state index in [2.05, 4.69) is 10.3 Å². The van der Waals surface area contributed by atoms with Crippen LogP contribution in [0.3, 0.4) is 0 Å². The van der Waals surface area contributed by atoms with E-state index in [0.717, 1.165) is 17.7 Å². The fourth-order valence-corrected chi connectivity index (χ4v) is 3.16. The highest BCUT2D eigenvalue weighted by Crippen LogP contribution is 2.25. The van der Waals surface area contributed by atoms with Crippen molar-refractivity contribution in [3.63, 3.8) is 0 Å². The molecule has 0 aliphatic rings. The molecule has 0 fully saturated rings. The lowest BCUT2D eigenvalue weighted by atomic mass is 10.1. The van der Waals surface area contributed by atoms with E-state index in [9.17, 15) is 14.4 Å². The molecule has 1 N–H and O–H groups in total. The highest BCUT2D eigenvalue weighted by Gasteiger charge is 2.13. The Morgan fingerprint density at radius 1 is 1.24 bits per heavy atom. The minimum Gasteiger partial charge on any atom is -0.494 e. The molecule has 7 heteroatoms. The quantitative estimate of drug-likeness (QED) is 0.427. The second kappa shape index (κ2) is 9.62. The summed E-state index contributed by atoms with van der Waals surface area (Å²) in [5.41, 5.74) is 2.04. The number of nitrogens with zero attached hydrogens (tertiary/aromatic N) is 2. The van der Waals surface area contributed by atoms with Crippen molar-refractivity contribution in [1.82, 2.24) is 4.98 Å². The fourth-order valence-electron chi connectivity index (χ4n) is 2.44. The molecule has 1 heterocycles. The van der Waals surface area contributed by atoms with Gasteiger partial charge < -0.3 is 4.74 Å². The number of amides is 1. The van der Waals surface area contributed by atoms with Crippen LogP contribution < -0.4 is 10.1 Å². The summed E-state index contributed by atoms with van der Waals surface area (Å²) < 4.78 is 18.6. The summed E-state index contributed by atoms with van der Waals surface area (Å²) in [5, 5.41) is 14.1. The van der Waals surface area contributed by atoms with Crippen molar-refractivity contribution < 1.29 is 13.9 Å². The molecular weight excluding hydrogens is 389 g/mol. The van der Waals surface area contributed by atoms with E-state index < -0.39 is 5.91 Å². The van der Waals surface area contributed by atoms with Crippen LogP contribution in [-0.4, -0.2) is 17.5 Å². The number of benzene rings is 2. The van der Waals surface area contributed by atoms with Crippen LogP contribution in [-0.2, 0) is 4.79 Å². The molecule has 29 heavy (non-hydrogen) atoms. The Labute approximate surface area is 172 Å². The van der Waals surface area contributed by atoms with E-state index >= 15 is 0 Å². The van der Waals surface area contributed by atoms with Gasteiger partial charge in [0.25, 0.3) is 5.91 Å². The predicted octanol–water partition coefficient (Wildman–Crippen LogP) is 5.28. The molecule has 0 atom stereocenters. The van der Waals surface area contributed by atoms with Gasteiger partial charge in [0.15, 0.2) is 5.13 Å². The van der Waals surface area contributed by atoms with E-state index in [4.69, 9.17) is 4.74 Å². The van der Waals surface area contributed by atoms with Gasteiger partial charge in [-0.15, -0.1) is 11.3 Å². The first-order valence-corrected chi connectivity index (χ1v) is 9.84. The lowest BCUT2D eigenvalue weighted by Gasteiger charge is -2.04. The molecule has 0 spiro atoms. The number of aromatic nitrogens is 1. The number of halogens is 1. The maximum Gasteiger partial charge on any atom is 0.268 e. The van der Waals surface area contributed by atoms with E-state index in [-0.39, 0.29) is 11.4 Å². The third-order valence-electron chi connectivity index (χ3n) is 3.89.